The zero-order chi connectivity index (χ0) is 10.4. The van der Waals surface area contributed by atoms with Crippen molar-refractivity contribution in [2.45, 2.75) is 32.2 Å². The fraction of sp³-hybridized carbons (Fsp3) is 0.900. The topological polar surface area (TPSA) is 52.6 Å². The maximum atomic E-state index is 11.7. The minimum absolute atomic E-state index is 0.0327. The molecule has 0 aromatic heterocycles. The quantitative estimate of drug-likeness (QED) is 0.670. The van der Waals surface area contributed by atoms with Gasteiger partial charge in [-0.15, -0.1) is 0 Å². The van der Waals surface area contributed by atoms with Gasteiger partial charge in [0, 0.05) is 13.1 Å². The second-order valence-corrected chi connectivity index (χ2v) is 3.65. The lowest BCUT2D eigenvalue weighted by molar-refractivity contribution is -0.126. The maximum absolute atomic E-state index is 11.7. The van der Waals surface area contributed by atoms with Gasteiger partial charge in [0.1, 0.15) is 0 Å². The molecule has 4 nitrogen and oxygen atoms in total. The Balaban J connectivity index is 2.55. The summed E-state index contributed by atoms with van der Waals surface area (Å²) in [5.41, 5.74) is 0. The minimum atomic E-state index is -0.0327. The highest BCUT2D eigenvalue weighted by molar-refractivity contribution is 5.81. The Morgan fingerprint density at radius 3 is 3.00 bits per heavy atom. The van der Waals surface area contributed by atoms with Crippen molar-refractivity contribution < 1.29 is 9.90 Å². The third-order valence-corrected chi connectivity index (χ3v) is 2.74. The first-order valence-electron chi connectivity index (χ1n) is 5.42. The molecule has 14 heavy (non-hydrogen) atoms. The van der Waals surface area contributed by atoms with Gasteiger partial charge in [-0.2, -0.15) is 0 Å². The van der Waals surface area contributed by atoms with Gasteiger partial charge in [0.25, 0.3) is 0 Å². The van der Waals surface area contributed by atoms with E-state index in [0.717, 1.165) is 32.4 Å². The van der Waals surface area contributed by atoms with Gasteiger partial charge in [-0.05, 0) is 25.8 Å². The number of hydrogen-bond acceptors (Lipinski definition) is 3. The fourth-order valence-corrected chi connectivity index (χ4v) is 1.93. The first-order valence-corrected chi connectivity index (χ1v) is 5.42. The SMILES string of the molecule is CCN(CCO)C1CCCCNC1=O. The van der Waals surface area contributed by atoms with Crippen molar-refractivity contribution in [3.05, 3.63) is 0 Å². The summed E-state index contributed by atoms with van der Waals surface area (Å²) in [6, 6.07) is -0.0327. The molecule has 1 heterocycles. The van der Waals surface area contributed by atoms with Crippen LogP contribution in [0.1, 0.15) is 26.2 Å². The van der Waals surface area contributed by atoms with E-state index in [9.17, 15) is 4.79 Å². The van der Waals surface area contributed by atoms with Crippen LogP contribution in [0.2, 0.25) is 0 Å². The Morgan fingerprint density at radius 2 is 2.36 bits per heavy atom. The van der Waals surface area contributed by atoms with E-state index >= 15 is 0 Å². The molecule has 0 aromatic rings. The molecule has 1 unspecified atom stereocenters. The van der Waals surface area contributed by atoms with E-state index in [1.165, 1.54) is 0 Å². The molecular formula is C10H20N2O2. The number of likely N-dealkylation sites (N-methyl/N-ethyl adjacent to an activating group) is 1. The Hall–Kier alpha value is -0.610. The fourth-order valence-electron chi connectivity index (χ4n) is 1.93. The van der Waals surface area contributed by atoms with Gasteiger partial charge in [0.2, 0.25) is 5.91 Å². The third kappa shape index (κ3) is 2.96. The summed E-state index contributed by atoms with van der Waals surface area (Å²) in [5, 5.41) is 11.8. The lowest BCUT2D eigenvalue weighted by atomic mass is 10.1. The van der Waals surface area contributed by atoms with Crippen LogP contribution in [0.25, 0.3) is 0 Å². The summed E-state index contributed by atoms with van der Waals surface area (Å²) in [5.74, 6) is 0.123. The van der Waals surface area contributed by atoms with Crippen LogP contribution < -0.4 is 5.32 Å². The second kappa shape index (κ2) is 5.98. The summed E-state index contributed by atoms with van der Waals surface area (Å²) < 4.78 is 0. The second-order valence-electron chi connectivity index (χ2n) is 3.65. The molecule has 1 aliphatic rings. The molecule has 0 bridgehead atoms. The molecule has 0 spiro atoms. The number of amides is 1. The molecule has 1 atom stereocenters. The van der Waals surface area contributed by atoms with Gasteiger partial charge < -0.3 is 10.4 Å². The lowest BCUT2D eigenvalue weighted by Gasteiger charge is -2.27. The van der Waals surface area contributed by atoms with Crippen molar-refractivity contribution in [3.8, 4) is 0 Å². The lowest BCUT2D eigenvalue weighted by Crippen LogP contribution is -2.46. The van der Waals surface area contributed by atoms with Crippen molar-refractivity contribution in [1.82, 2.24) is 10.2 Å². The standard InChI is InChI=1S/C10H20N2O2/c1-2-12(7-8-13)9-5-3-4-6-11-10(9)14/h9,13H,2-8H2,1H3,(H,11,14). The van der Waals surface area contributed by atoms with Crippen LogP contribution >= 0.6 is 0 Å². The van der Waals surface area contributed by atoms with Crippen LogP contribution in [0.5, 0.6) is 0 Å². The van der Waals surface area contributed by atoms with E-state index in [4.69, 9.17) is 5.11 Å². The van der Waals surface area contributed by atoms with Crippen LogP contribution in [-0.2, 0) is 4.79 Å². The molecule has 4 heteroatoms. The summed E-state index contributed by atoms with van der Waals surface area (Å²) in [7, 11) is 0. The van der Waals surface area contributed by atoms with Crippen LogP contribution in [0.15, 0.2) is 0 Å². The van der Waals surface area contributed by atoms with Crippen LogP contribution in [0.4, 0.5) is 0 Å². The maximum Gasteiger partial charge on any atom is 0.237 e. The molecule has 0 radical (unpaired) electrons. The van der Waals surface area contributed by atoms with E-state index in [2.05, 4.69) is 5.32 Å². The molecule has 82 valence electrons. The largest absolute Gasteiger partial charge is 0.395 e. The Morgan fingerprint density at radius 1 is 1.57 bits per heavy atom. The summed E-state index contributed by atoms with van der Waals surface area (Å²) in [6.45, 7) is 4.35. The number of aliphatic hydroxyl groups is 1. The average Bonchev–Trinajstić information content (AvgIpc) is 2.40. The Bertz CT molecular complexity index is 185. The predicted molar refractivity (Wildman–Crippen MR) is 55.0 cm³/mol. The van der Waals surface area contributed by atoms with E-state index in [1.807, 2.05) is 11.8 Å². The number of carbonyl (C=O) groups is 1. The van der Waals surface area contributed by atoms with Crippen molar-refractivity contribution in [2.24, 2.45) is 0 Å². The molecular weight excluding hydrogens is 180 g/mol. The van der Waals surface area contributed by atoms with Crippen molar-refractivity contribution in [3.63, 3.8) is 0 Å². The average molecular weight is 200 g/mol. The highest BCUT2D eigenvalue weighted by Crippen LogP contribution is 2.11. The van der Waals surface area contributed by atoms with Gasteiger partial charge in [-0.1, -0.05) is 6.92 Å². The normalized spacial score (nSPS) is 23.4. The Kier molecular flexibility index (Phi) is 4.90. The number of rotatable bonds is 4. The van der Waals surface area contributed by atoms with Crippen molar-refractivity contribution in [1.29, 1.82) is 0 Å². The summed E-state index contributed by atoms with van der Waals surface area (Å²) in [4.78, 5) is 13.7. The van der Waals surface area contributed by atoms with Crippen molar-refractivity contribution >= 4 is 5.91 Å². The first-order chi connectivity index (χ1) is 6.79. The minimum Gasteiger partial charge on any atom is -0.395 e. The smallest absolute Gasteiger partial charge is 0.237 e. The third-order valence-electron chi connectivity index (χ3n) is 2.74. The van der Waals surface area contributed by atoms with E-state index in [-0.39, 0.29) is 18.6 Å². The van der Waals surface area contributed by atoms with E-state index in [0.29, 0.717) is 6.54 Å². The van der Waals surface area contributed by atoms with Gasteiger partial charge in [-0.3, -0.25) is 9.69 Å². The molecule has 0 saturated carbocycles. The molecule has 1 fully saturated rings. The molecule has 1 saturated heterocycles. The van der Waals surface area contributed by atoms with Gasteiger partial charge in [-0.25, -0.2) is 0 Å². The van der Waals surface area contributed by atoms with Crippen LogP contribution in [0.3, 0.4) is 0 Å². The number of hydrogen-bond donors (Lipinski definition) is 2. The van der Waals surface area contributed by atoms with Gasteiger partial charge in [0.15, 0.2) is 0 Å². The molecule has 0 aliphatic carbocycles. The number of nitrogens with one attached hydrogen (secondary N) is 1. The number of nitrogens with zero attached hydrogens (tertiary/aromatic N) is 1. The molecule has 1 amide bonds. The summed E-state index contributed by atoms with van der Waals surface area (Å²) >= 11 is 0. The van der Waals surface area contributed by atoms with E-state index < -0.39 is 0 Å². The number of carbonyl (C=O) groups excluding carboxylic acids is 1. The molecule has 0 aromatic carbocycles. The van der Waals surface area contributed by atoms with Crippen molar-refractivity contribution in [2.75, 3.05) is 26.2 Å². The van der Waals surface area contributed by atoms with Crippen LogP contribution in [-0.4, -0.2) is 48.2 Å². The molecule has 2 N–H and O–H groups in total. The first kappa shape index (κ1) is 11.5. The van der Waals surface area contributed by atoms with Crippen LogP contribution in [0, 0.1) is 0 Å². The highest BCUT2D eigenvalue weighted by Gasteiger charge is 2.25. The molecule has 1 aliphatic heterocycles. The number of aliphatic hydroxyl groups excluding tert-OH is 1. The van der Waals surface area contributed by atoms with Gasteiger partial charge in [0.05, 0.1) is 12.6 Å². The van der Waals surface area contributed by atoms with E-state index in [1.54, 1.807) is 0 Å². The monoisotopic (exact) mass is 200 g/mol. The molecule has 1 rings (SSSR count). The summed E-state index contributed by atoms with van der Waals surface area (Å²) in [6.07, 6.45) is 3.07. The van der Waals surface area contributed by atoms with Gasteiger partial charge >= 0.3 is 0 Å². The Labute approximate surface area is 85.3 Å². The zero-order valence-corrected chi connectivity index (χ0v) is 8.83. The predicted octanol–water partition coefficient (Wildman–Crippen LogP) is -0.0307. The zero-order valence-electron chi connectivity index (χ0n) is 8.83. The highest BCUT2D eigenvalue weighted by atomic mass is 16.3.